The first-order chi connectivity index (χ1) is 9.97. The quantitative estimate of drug-likeness (QED) is 0.650. The summed E-state index contributed by atoms with van der Waals surface area (Å²) in [6.45, 7) is 14.1. The lowest BCUT2D eigenvalue weighted by Gasteiger charge is -2.41. The van der Waals surface area contributed by atoms with Gasteiger partial charge in [0.2, 0.25) is 0 Å². The van der Waals surface area contributed by atoms with Crippen LogP contribution >= 0.6 is 0 Å². The van der Waals surface area contributed by atoms with Gasteiger partial charge in [0.1, 0.15) is 0 Å². The van der Waals surface area contributed by atoms with Crippen LogP contribution in [0.1, 0.15) is 20.8 Å². The van der Waals surface area contributed by atoms with Gasteiger partial charge in [0, 0.05) is 44.8 Å². The number of carbonyl (C=O) groups is 1. The van der Waals surface area contributed by atoms with Crippen LogP contribution in [0.4, 0.5) is 0 Å². The highest BCUT2D eigenvalue weighted by Gasteiger charge is 2.27. The van der Waals surface area contributed by atoms with E-state index in [0.29, 0.717) is 6.54 Å². The minimum Gasteiger partial charge on any atom is -0.379 e. The first kappa shape index (κ1) is 16.3. The highest BCUT2D eigenvalue weighted by atomic mass is 16.5. The van der Waals surface area contributed by atoms with E-state index in [1.165, 1.54) is 0 Å². The van der Waals surface area contributed by atoms with Gasteiger partial charge in [0.25, 0.3) is 5.91 Å². The average Bonchev–Trinajstić information content (AvgIpc) is 2.47. The summed E-state index contributed by atoms with van der Waals surface area (Å²) in [5.74, 6) is 5.77. The number of carbonyl (C=O) groups excluding carboxylic acids is 1. The lowest BCUT2D eigenvalue weighted by Crippen LogP contribution is -2.54. The van der Waals surface area contributed by atoms with E-state index in [4.69, 9.17) is 4.74 Å². The molecule has 5 nitrogen and oxygen atoms in total. The van der Waals surface area contributed by atoms with Crippen LogP contribution in [0, 0.1) is 11.8 Å². The molecule has 118 valence electrons. The first-order valence-electron chi connectivity index (χ1n) is 7.80. The molecule has 5 heteroatoms. The highest BCUT2D eigenvalue weighted by molar-refractivity contribution is 5.93. The second-order valence-electron chi connectivity index (χ2n) is 6.64. The van der Waals surface area contributed by atoms with E-state index >= 15 is 0 Å². The van der Waals surface area contributed by atoms with E-state index in [2.05, 4.69) is 42.4 Å². The summed E-state index contributed by atoms with van der Waals surface area (Å²) in [5, 5.41) is 0. The van der Waals surface area contributed by atoms with Gasteiger partial charge in [-0.25, -0.2) is 0 Å². The van der Waals surface area contributed by atoms with E-state index < -0.39 is 0 Å². The fraction of sp³-hybridized carbons (Fsp3) is 0.812. The largest absolute Gasteiger partial charge is 0.379 e. The lowest BCUT2D eigenvalue weighted by molar-refractivity contribution is -0.127. The van der Waals surface area contributed by atoms with Crippen molar-refractivity contribution in [2.24, 2.45) is 0 Å². The Morgan fingerprint density at radius 1 is 1.05 bits per heavy atom. The molecule has 0 aliphatic carbocycles. The van der Waals surface area contributed by atoms with Gasteiger partial charge in [-0.1, -0.05) is 5.92 Å². The van der Waals surface area contributed by atoms with Crippen LogP contribution < -0.4 is 0 Å². The van der Waals surface area contributed by atoms with Crippen molar-refractivity contribution in [3.63, 3.8) is 0 Å². The second-order valence-corrected chi connectivity index (χ2v) is 6.64. The van der Waals surface area contributed by atoms with Crippen LogP contribution in [0.2, 0.25) is 0 Å². The van der Waals surface area contributed by atoms with E-state index in [9.17, 15) is 4.79 Å². The Morgan fingerprint density at radius 3 is 2.24 bits per heavy atom. The van der Waals surface area contributed by atoms with E-state index in [-0.39, 0.29) is 11.4 Å². The summed E-state index contributed by atoms with van der Waals surface area (Å²) in [4.78, 5) is 18.6. The lowest BCUT2D eigenvalue weighted by atomic mass is 10.1. The third kappa shape index (κ3) is 4.99. The van der Waals surface area contributed by atoms with Crippen molar-refractivity contribution in [3.05, 3.63) is 0 Å². The van der Waals surface area contributed by atoms with Crippen molar-refractivity contribution < 1.29 is 9.53 Å². The molecule has 1 amide bonds. The zero-order valence-corrected chi connectivity index (χ0v) is 13.5. The van der Waals surface area contributed by atoms with Crippen molar-refractivity contribution in [2.75, 3.05) is 59.0 Å². The van der Waals surface area contributed by atoms with E-state index in [1.54, 1.807) is 0 Å². The number of ether oxygens (including phenoxy) is 1. The van der Waals surface area contributed by atoms with Crippen molar-refractivity contribution in [1.29, 1.82) is 0 Å². The number of amides is 1. The summed E-state index contributed by atoms with van der Waals surface area (Å²) in [7, 11) is 0. The van der Waals surface area contributed by atoms with Crippen LogP contribution in [0.25, 0.3) is 0 Å². The molecule has 0 N–H and O–H groups in total. The van der Waals surface area contributed by atoms with E-state index in [1.807, 2.05) is 4.90 Å². The van der Waals surface area contributed by atoms with Crippen molar-refractivity contribution in [2.45, 2.75) is 26.3 Å². The fourth-order valence-electron chi connectivity index (χ4n) is 2.65. The molecule has 2 rings (SSSR count). The zero-order valence-electron chi connectivity index (χ0n) is 13.5. The first-order valence-corrected chi connectivity index (χ1v) is 7.80. The summed E-state index contributed by atoms with van der Waals surface area (Å²) in [5.41, 5.74) is 0.178. The Kier molecular flexibility index (Phi) is 5.63. The number of nitrogens with zero attached hydrogens (tertiary/aromatic N) is 3. The summed E-state index contributed by atoms with van der Waals surface area (Å²) in [6.07, 6.45) is 0. The predicted molar refractivity (Wildman–Crippen MR) is 82.9 cm³/mol. The van der Waals surface area contributed by atoms with Crippen LogP contribution in [-0.2, 0) is 9.53 Å². The zero-order chi connectivity index (χ0) is 15.3. The van der Waals surface area contributed by atoms with Crippen LogP contribution in [0.5, 0.6) is 0 Å². The Morgan fingerprint density at radius 2 is 1.67 bits per heavy atom. The molecule has 0 radical (unpaired) electrons. The molecule has 2 saturated heterocycles. The molecule has 0 atom stereocenters. The molecule has 0 aromatic rings. The molecular weight excluding hydrogens is 266 g/mol. The topological polar surface area (TPSA) is 36.0 Å². The third-order valence-electron chi connectivity index (χ3n) is 4.12. The van der Waals surface area contributed by atoms with Gasteiger partial charge in [-0.05, 0) is 26.7 Å². The molecule has 0 unspecified atom stereocenters. The maximum absolute atomic E-state index is 12.1. The maximum Gasteiger partial charge on any atom is 0.298 e. The van der Waals surface area contributed by atoms with Gasteiger partial charge >= 0.3 is 0 Å². The standard InChI is InChI=1S/C16H27N3O2/c1-16(2,3)19-9-7-18(8-10-19)15(20)5-4-6-17-11-13-21-14-12-17/h6-14H2,1-3H3. The molecule has 0 aromatic carbocycles. The Balaban J connectivity index is 1.74. The van der Waals surface area contributed by atoms with Crippen LogP contribution in [-0.4, -0.2) is 85.2 Å². The molecule has 2 aliphatic rings. The fourth-order valence-corrected chi connectivity index (χ4v) is 2.65. The summed E-state index contributed by atoms with van der Waals surface area (Å²) >= 11 is 0. The number of hydrogen-bond donors (Lipinski definition) is 0. The Bertz CT molecular complexity index is 405. The molecule has 21 heavy (non-hydrogen) atoms. The van der Waals surface area contributed by atoms with Gasteiger partial charge in [-0.15, -0.1) is 0 Å². The van der Waals surface area contributed by atoms with Gasteiger partial charge in [-0.2, -0.15) is 0 Å². The molecule has 2 fully saturated rings. The van der Waals surface area contributed by atoms with Gasteiger partial charge in [-0.3, -0.25) is 14.6 Å². The van der Waals surface area contributed by atoms with E-state index in [0.717, 1.165) is 52.5 Å². The molecule has 0 bridgehead atoms. The van der Waals surface area contributed by atoms with Crippen molar-refractivity contribution in [1.82, 2.24) is 14.7 Å². The molecule has 2 heterocycles. The Labute approximate surface area is 128 Å². The van der Waals surface area contributed by atoms with Gasteiger partial charge in [0.15, 0.2) is 0 Å². The number of morpholine rings is 1. The SMILES string of the molecule is CC(C)(C)N1CCN(C(=O)C#CCN2CCOCC2)CC1. The summed E-state index contributed by atoms with van der Waals surface area (Å²) < 4.78 is 5.29. The van der Waals surface area contributed by atoms with Crippen LogP contribution in [0.3, 0.4) is 0 Å². The molecule has 0 saturated carbocycles. The van der Waals surface area contributed by atoms with Crippen molar-refractivity contribution in [3.8, 4) is 11.8 Å². The number of piperazine rings is 1. The molecular formula is C16H27N3O2. The maximum atomic E-state index is 12.1. The predicted octanol–water partition coefficient (Wildman–Crippen LogP) is 0.265. The second kappa shape index (κ2) is 7.26. The number of rotatable bonds is 1. The minimum atomic E-state index is -0.0307. The molecule has 0 aromatic heterocycles. The summed E-state index contributed by atoms with van der Waals surface area (Å²) in [6, 6.07) is 0. The normalized spacial score (nSPS) is 21.8. The highest BCUT2D eigenvalue weighted by Crippen LogP contribution is 2.15. The third-order valence-corrected chi connectivity index (χ3v) is 4.12. The van der Waals surface area contributed by atoms with Gasteiger partial charge in [0.05, 0.1) is 19.8 Å². The monoisotopic (exact) mass is 293 g/mol. The Hall–Kier alpha value is -1.09. The minimum absolute atomic E-state index is 0.0307. The van der Waals surface area contributed by atoms with Crippen LogP contribution in [0.15, 0.2) is 0 Å². The van der Waals surface area contributed by atoms with Gasteiger partial charge < -0.3 is 9.64 Å². The number of hydrogen-bond acceptors (Lipinski definition) is 4. The average molecular weight is 293 g/mol. The smallest absolute Gasteiger partial charge is 0.298 e. The molecule has 0 spiro atoms. The van der Waals surface area contributed by atoms with Crippen molar-refractivity contribution >= 4 is 5.91 Å². The molecule has 2 aliphatic heterocycles.